The van der Waals surface area contributed by atoms with E-state index in [1.807, 2.05) is 0 Å². The van der Waals surface area contributed by atoms with E-state index in [4.69, 9.17) is 0 Å². The molecular formula is C11H13BrF2N2O. The quantitative estimate of drug-likeness (QED) is 0.897. The van der Waals surface area contributed by atoms with Crippen molar-refractivity contribution in [1.29, 1.82) is 0 Å². The minimum Gasteiger partial charge on any atom is -0.321 e. The van der Waals surface area contributed by atoms with Crippen molar-refractivity contribution in [1.82, 2.24) is 5.32 Å². The third-order valence-corrected chi connectivity index (χ3v) is 2.67. The molecule has 2 N–H and O–H groups in total. The number of carbonyl (C=O) groups excluding carboxylic acids is 1. The van der Waals surface area contributed by atoms with Gasteiger partial charge in [-0.15, -0.1) is 0 Å². The van der Waals surface area contributed by atoms with Gasteiger partial charge in [-0.2, -0.15) is 0 Å². The minimum absolute atomic E-state index is 0.286. The highest BCUT2D eigenvalue weighted by Crippen LogP contribution is 2.24. The summed E-state index contributed by atoms with van der Waals surface area (Å²) in [5.41, 5.74) is -0.416. The highest BCUT2D eigenvalue weighted by Gasteiger charge is 2.17. The summed E-state index contributed by atoms with van der Waals surface area (Å²) < 4.78 is 27.1. The van der Waals surface area contributed by atoms with Gasteiger partial charge in [0.15, 0.2) is 11.6 Å². The van der Waals surface area contributed by atoms with Crippen LogP contribution in [0.5, 0.6) is 0 Å². The Kier molecular flexibility index (Phi) is 5.02. The molecule has 94 valence electrons. The number of rotatable bonds is 4. The number of amides is 1. The monoisotopic (exact) mass is 306 g/mol. The SMILES string of the molecule is CNCC(C)C(=O)Nc1c(F)cc(Br)cc1F. The Labute approximate surface area is 107 Å². The molecule has 1 rings (SSSR count). The van der Waals surface area contributed by atoms with Crippen LogP contribution in [-0.4, -0.2) is 19.5 Å². The lowest BCUT2D eigenvalue weighted by atomic mass is 10.1. The second-order valence-electron chi connectivity index (χ2n) is 3.69. The summed E-state index contributed by atoms with van der Waals surface area (Å²) in [7, 11) is 1.70. The number of nitrogens with one attached hydrogen (secondary N) is 2. The zero-order chi connectivity index (χ0) is 13.0. The average Bonchev–Trinajstić information content (AvgIpc) is 2.23. The van der Waals surface area contributed by atoms with Gasteiger partial charge in [0.05, 0.1) is 0 Å². The predicted octanol–water partition coefficient (Wildman–Crippen LogP) is 2.52. The molecule has 0 saturated carbocycles. The molecule has 0 fully saturated rings. The fraction of sp³-hybridized carbons (Fsp3) is 0.364. The zero-order valence-corrected chi connectivity index (χ0v) is 11.1. The number of benzene rings is 1. The summed E-state index contributed by atoms with van der Waals surface area (Å²) in [6.07, 6.45) is 0. The smallest absolute Gasteiger partial charge is 0.228 e. The lowest BCUT2D eigenvalue weighted by Crippen LogP contribution is -2.29. The lowest BCUT2D eigenvalue weighted by Gasteiger charge is -2.12. The highest BCUT2D eigenvalue weighted by atomic mass is 79.9. The van der Waals surface area contributed by atoms with Crippen LogP contribution in [0.15, 0.2) is 16.6 Å². The van der Waals surface area contributed by atoms with E-state index in [-0.39, 0.29) is 10.4 Å². The first-order chi connectivity index (χ1) is 7.95. The Hall–Kier alpha value is -1.01. The summed E-state index contributed by atoms with van der Waals surface area (Å²) in [6, 6.07) is 2.20. The van der Waals surface area contributed by atoms with Gasteiger partial charge < -0.3 is 10.6 Å². The van der Waals surface area contributed by atoms with Crippen LogP contribution in [0.1, 0.15) is 6.92 Å². The van der Waals surface area contributed by atoms with E-state index in [2.05, 4.69) is 26.6 Å². The van der Waals surface area contributed by atoms with Crippen LogP contribution in [0.4, 0.5) is 14.5 Å². The largest absolute Gasteiger partial charge is 0.321 e. The van der Waals surface area contributed by atoms with Crippen molar-refractivity contribution in [2.45, 2.75) is 6.92 Å². The fourth-order valence-electron chi connectivity index (χ4n) is 1.31. The predicted molar refractivity (Wildman–Crippen MR) is 65.8 cm³/mol. The standard InChI is InChI=1S/C11H13BrF2N2O/c1-6(5-15-2)11(17)16-10-8(13)3-7(12)4-9(10)14/h3-4,6,15H,5H2,1-2H3,(H,16,17). The van der Waals surface area contributed by atoms with Crippen molar-refractivity contribution in [2.75, 3.05) is 18.9 Å². The van der Waals surface area contributed by atoms with Crippen LogP contribution >= 0.6 is 15.9 Å². The van der Waals surface area contributed by atoms with E-state index in [9.17, 15) is 13.6 Å². The van der Waals surface area contributed by atoms with Crippen LogP contribution in [0.25, 0.3) is 0 Å². The molecule has 1 aromatic carbocycles. The van der Waals surface area contributed by atoms with Crippen LogP contribution < -0.4 is 10.6 Å². The van der Waals surface area contributed by atoms with Crippen molar-refractivity contribution in [2.24, 2.45) is 5.92 Å². The van der Waals surface area contributed by atoms with E-state index in [1.165, 1.54) is 0 Å². The van der Waals surface area contributed by atoms with Gasteiger partial charge in [0.25, 0.3) is 0 Å². The molecule has 1 aromatic rings. The van der Waals surface area contributed by atoms with E-state index in [0.29, 0.717) is 6.54 Å². The average molecular weight is 307 g/mol. The van der Waals surface area contributed by atoms with Gasteiger partial charge in [-0.25, -0.2) is 8.78 Å². The minimum atomic E-state index is -0.804. The van der Waals surface area contributed by atoms with Gasteiger partial charge in [-0.05, 0) is 19.2 Å². The number of anilines is 1. The highest BCUT2D eigenvalue weighted by molar-refractivity contribution is 9.10. The summed E-state index contributed by atoms with van der Waals surface area (Å²) in [5.74, 6) is -2.41. The Morgan fingerprint density at radius 2 is 1.94 bits per heavy atom. The molecule has 6 heteroatoms. The number of carbonyl (C=O) groups is 1. The molecule has 0 spiro atoms. The maximum atomic E-state index is 13.4. The summed E-state index contributed by atoms with van der Waals surface area (Å²) in [6.45, 7) is 2.10. The summed E-state index contributed by atoms with van der Waals surface area (Å²) in [4.78, 5) is 11.6. The molecule has 0 heterocycles. The molecule has 17 heavy (non-hydrogen) atoms. The Bertz CT molecular complexity index is 403. The molecule has 0 aliphatic rings. The van der Waals surface area contributed by atoms with Gasteiger partial charge >= 0.3 is 0 Å². The molecular weight excluding hydrogens is 294 g/mol. The first kappa shape index (κ1) is 14.1. The molecule has 1 unspecified atom stereocenters. The van der Waals surface area contributed by atoms with Gasteiger partial charge in [-0.3, -0.25) is 4.79 Å². The first-order valence-electron chi connectivity index (χ1n) is 5.05. The van der Waals surface area contributed by atoms with Gasteiger partial charge in [-0.1, -0.05) is 22.9 Å². The Balaban J connectivity index is 2.85. The molecule has 0 aliphatic carbocycles. The van der Waals surface area contributed by atoms with Crippen molar-refractivity contribution < 1.29 is 13.6 Å². The molecule has 0 aliphatic heterocycles. The van der Waals surface area contributed by atoms with Gasteiger partial charge in [0.1, 0.15) is 5.69 Å². The van der Waals surface area contributed by atoms with E-state index in [1.54, 1.807) is 14.0 Å². The van der Waals surface area contributed by atoms with E-state index in [0.717, 1.165) is 12.1 Å². The summed E-state index contributed by atoms with van der Waals surface area (Å²) in [5, 5.41) is 5.06. The fourth-order valence-corrected chi connectivity index (χ4v) is 1.71. The third-order valence-electron chi connectivity index (χ3n) is 2.21. The van der Waals surface area contributed by atoms with Crippen molar-refractivity contribution >= 4 is 27.5 Å². The topological polar surface area (TPSA) is 41.1 Å². The molecule has 0 saturated heterocycles. The summed E-state index contributed by atoms with van der Waals surface area (Å²) >= 11 is 2.96. The van der Waals surface area contributed by atoms with Gasteiger partial charge in [0.2, 0.25) is 5.91 Å². The number of halogens is 3. The molecule has 0 bridgehead atoms. The van der Waals surface area contributed by atoms with Crippen molar-refractivity contribution in [3.63, 3.8) is 0 Å². The second kappa shape index (κ2) is 6.07. The van der Waals surface area contributed by atoms with Crippen LogP contribution in [0.3, 0.4) is 0 Å². The Morgan fingerprint density at radius 3 is 2.41 bits per heavy atom. The van der Waals surface area contributed by atoms with Crippen molar-refractivity contribution in [3.05, 3.63) is 28.2 Å². The van der Waals surface area contributed by atoms with E-state index >= 15 is 0 Å². The number of hydrogen-bond donors (Lipinski definition) is 2. The molecule has 1 atom stereocenters. The molecule has 0 radical (unpaired) electrons. The van der Waals surface area contributed by atoms with Crippen molar-refractivity contribution in [3.8, 4) is 0 Å². The second-order valence-corrected chi connectivity index (χ2v) is 4.61. The van der Waals surface area contributed by atoms with E-state index < -0.39 is 23.2 Å². The Morgan fingerprint density at radius 1 is 1.41 bits per heavy atom. The molecule has 1 amide bonds. The normalized spacial score (nSPS) is 12.3. The first-order valence-corrected chi connectivity index (χ1v) is 5.85. The zero-order valence-electron chi connectivity index (χ0n) is 9.48. The maximum Gasteiger partial charge on any atom is 0.228 e. The molecule has 3 nitrogen and oxygen atoms in total. The van der Waals surface area contributed by atoms with Crippen LogP contribution in [-0.2, 0) is 4.79 Å². The maximum absolute atomic E-state index is 13.4. The van der Waals surface area contributed by atoms with Gasteiger partial charge in [0, 0.05) is 16.9 Å². The third kappa shape index (κ3) is 3.74. The number of hydrogen-bond acceptors (Lipinski definition) is 2. The molecule has 0 aromatic heterocycles. The van der Waals surface area contributed by atoms with Crippen LogP contribution in [0.2, 0.25) is 0 Å². The van der Waals surface area contributed by atoms with Crippen LogP contribution in [0, 0.1) is 17.6 Å². The lowest BCUT2D eigenvalue weighted by molar-refractivity contribution is -0.119.